The number of thiophene rings is 1. The first kappa shape index (κ1) is 16.6. The van der Waals surface area contributed by atoms with Crippen LogP contribution in [0, 0.1) is 5.82 Å². The fraction of sp³-hybridized carbons (Fsp3) is 0.294. The van der Waals surface area contributed by atoms with Crippen LogP contribution >= 0.6 is 11.3 Å². The maximum atomic E-state index is 13.8. The van der Waals surface area contributed by atoms with Gasteiger partial charge in [-0.25, -0.2) is 9.37 Å². The lowest BCUT2D eigenvalue weighted by Gasteiger charge is -2.13. The van der Waals surface area contributed by atoms with Crippen LogP contribution in [-0.2, 0) is 13.0 Å². The third-order valence-electron chi connectivity index (χ3n) is 3.85. The Morgan fingerprint density at radius 2 is 2.21 bits per heavy atom. The van der Waals surface area contributed by atoms with E-state index in [9.17, 15) is 14.3 Å². The van der Waals surface area contributed by atoms with Crippen LogP contribution in [-0.4, -0.2) is 21.8 Å². The summed E-state index contributed by atoms with van der Waals surface area (Å²) in [7, 11) is 1.38. The van der Waals surface area contributed by atoms with Gasteiger partial charge in [0.25, 0.3) is 5.56 Å². The van der Waals surface area contributed by atoms with Gasteiger partial charge in [-0.3, -0.25) is 9.36 Å². The summed E-state index contributed by atoms with van der Waals surface area (Å²) < 4.78 is 20.0. The Kier molecular flexibility index (Phi) is 4.64. The number of aliphatic hydroxyl groups is 1. The van der Waals surface area contributed by atoms with Gasteiger partial charge in [-0.15, -0.1) is 11.3 Å². The van der Waals surface area contributed by atoms with Crippen molar-refractivity contribution < 1.29 is 14.2 Å². The molecule has 1 N–H and O–H groups in total. The normalized spacial score (nSPS) is 12.5. The molecule has 24 heavy (non-hydrogen) atoms. The van der Waals surface area contributed by atoms with Gasteiger partial charge in [0, 0.05) is 4.88 Å². The van der Waals surface area contributed by atoms with Crippen molar-refractivity contribution in [2.24, 2.45) is 0 Å². The second-order valence-corrected chi connectivity index (χ2v) is 6.51. The number of hydrogen-bond acceptors (Lipinski definition) is 5. The third-order valence-corrected chi connectivity index (χ3v) is 5.04. The Balaban J connectivity index is 1.90. The highest BCUT2D eigenvalue weighted by Crippen LogP contribution is 2.24. The number of aliphatic hydroxyl groups excluding tert-OH is 1. The van der Waals surface area contributed by atoms with E-state index in [1.165, 1.54) is 41.5 Å². The maximum Gasteiger partial charge on any atom is 0.262 e. The van der Waals surface area contributed by atoms with Gasteiger partial charge in [0.05, 0.1) is 31.5 Å². The number of benzene rings is 1. The van der Waals surface area contributed by atoms with Gasteiger partial charge in [0.15, 0.2) is 11.6 Å². The number of aromatic nitrogens is 2. The van der Waals surface area contributed by atoms with Crippen LogP contribution in [0.2, 0.25) is 0 Å². The van der Waals surface area contributed by atoms with Gasteiger partial charge in [0.2, 0.25) is 0 Å². The molecule has 0 spiro atoms. The zero-order valence-electron chi connectivity index (χ0n) is 13.3. The number of hydrogen-bond donors (Lipinski definition) is 1. The Morgan fingerprint density at radius 1 is 1.42 bits per heavy atom. The third kappa shape index (κ3) is 3.05. The molecule has 0 saturated carbocycles. The highest BCUT2D eigenvalue weighted by atomic mass is 32.1. The topological polar surface area (TPSA) is 64.4 Å². The summed E-state index contributed by atoms with van der Waals surface area (Å²) in [5, 5.41) is 10.9. The lowest BCUT2D eigenvalue weighted by molar-refractivity contribution is 0.154. The van der Waals surface area contributed by atoms with Gasteiger partial charge < -0.3 is 9.84 Å². The molecule has 1 atom stereocenters. The van der Waals surface area contributed by atoms with Crippen molar-refractivity contribution in [1.82, 2.24) is 9.55 Å². The van der Waals surface area contributed by atoms with Crippen molar-refractivity contribution in [3.63, 3.8) is 0 Å². The van der Waals surface area contributed by atoms with Gasteiger partial charge >= 0.3 is 0 Å². The first-order valence-corrected chi connectivity index (χ1v) is 8.34. The van der Waals surface area contributed by atoms with E-state index in [1.54, 1.807) is 6.07 Å². The first-order valence-electron chi connectivity index (χ1n) is 7.52. The molecule has 1 unspecified atom stereocenters. The fourth-order valence-corrected chi connectivity index (χ4v) is 3.42. The molecule has 0 bridgehead atoms. The second-order valence-electron chi connectivity index (χ2n) is 5.40. The number of aryl methyl sites for hydroxylation is 1. The highest BCUT2D eigenvalue weighted by Gasteiger charge is 2.15. The number of methoxy groups -OCH3 is 1. The largest absolute Gasteiger partial charge is 0.494 e. The summed E-state index contributed by atoms with van der Waals surface area (Å²) in [6, 6.07) is 6.07. The second kappa shape index (κ2) is 6.70. The smallest absolute Gasteiger partial charge is 0.262 e. The minimum absolute atomic E-state index is 0.00481. The molecular formula is C17H17FN2O3S. The molecule has 5 nitrogen and oxygen atoms in total. The summed E-state index contributed by atoms with van der Waals surface area (Å²) in [4.78, 5) is 18.6. The molecule has 0 radical (unpaired) electrons. The van der Waals surface area contributed by atoms with Crippen molar-refractivity contribution in [3.8, 4) is 5.75 Å². The predicted molar refractivity (Wildman–Crippen MR) is 91.2 cm³/mol. The van der Waals surface area contributed by atoms with Gasteiger partial charge in [-0.2, -0.15) is 0 Å². The van der Waals surface area contributed by atoms with Crippen molar-refractivity contribution in [1.29, 1.82) is 0 Å². The van der Waals surface area contributed by atoms with Crippen molar-refractivity contribution in [3.05, 3.63) is 57.2 Å². The number of rotatable bonds is 5. The molecule has 2 heterocycles. The number of ether oxygens (including phenoxy) is 1. The molecule has 0 fully saturated rings. The molecule has 0 amide bonds. The summed E-state index contributed by atoms with van der Waals surface area (Å²) >= 11 is 1.49. The van der Waals surface area contributed by atoms with E-state index in [4.69, 9.17) is 4.74 Å². The molecule has 126 valence electrons. The van der Waals surface area contributed by atoms with Gasteiger partial charge in [-0.1, -0.05) is 13.0 Å². The van der Waals surface area contributed by atoms with E-state index in [2.05, 4.69) is 4.98 Å². The minimum atomic E-state index is -1.02. The van der Waals surface area contributed by atoms with Crippen LogP contribution in [0.25, 0.3) is 10.2 Å². The molecule has 0 aliphatic heterocycles. The summed E-state index contributed by atoms with van der Waals surface area (Å²) in [6.45, 7) is 2.02. The van der Waals surface area contributed by atoms with E-state index in [0.717, 1.165) is 11.3 Å². The highest BCUT2D eigenvalue weighted by molar-refractivity contribution is 7.18. The fourth-order valence-electron chi connectivity index (χ4n) is 2.50. The molecular weight excluding hydrogens is 331 g/mol. The lowest BCUT2D eigenvalue weighted by Crippen LogP contribution is -2.23. The van der Waals surface area contributed by atoms with Crippen LogP contribution in [0.1, 0.15) is 23.5 Å². The minimum Gasteiger partial charge on any atom is -0.494 e. The van der Waals surface area contributed by atoms with Crippen LogP contribution < -0.4 is 10.3 Å². The van der Waals surface area contributed by atoms with Crippen molar-refractivity contribution >= 4 is 21.6 Å². The summed E-state index contributed by atoms with van der Waals surface area (Å²) in [5.41, 5.74) is 0.170. The molecule has 1 aromatic carbocycles. The van der Waals surface area contributed by atoms with Crippen molar-refractivity contribution in [2.75, 3.05) is 7.11 Å². The summed E-state index contributed by atoms with van der Waals surface area (Å²) in [6.07, 6.45) is 1.24. The molecule has 0 aliphatic carbocycles. The molecule has 0 saturated heterocycles. The zero-order valence-corrected chi connectivity index (χ0v) is 14.1. The van der Waals surface area contributed by atoms with E-state index in [1.807, 2.05) is 13.0 Å². The Hall–Kier alpha value is -2.25. The maximum absolute atomic E-state index is 13.8. The first-order chi connectivity index (χ1) is 11.5. The van der Waals surface area contributed by atoms with Crippen LogP contribution in [0.4, 0.5) is 4.39 Å². The molecule has 2 aromatic heterocycles. The Bertz CT molecular complexity index is 935. The Morgan fingerprint density at radius 3 is 2.88 bits per heavy atom. The summed E-state index contributed by atoms with van der Waals surface area (Å²) in [5.74, 6) is -0.447. The van der Waals surface area contributed by atoms with E-state index >= 15 is 0 Å². The SMILES string of the molecule is CCc1cc2c(=O)n(CC(O)c3ccc(OC)c(F)c3)cnc2s1. The molecule has 7 heteroatoms. The van der Waals surface area contributed by atoms with E-state index < -0.39 is 11.9 Å². The number of halogens is 1. The lowest BCUT2D eigenvalue weighted by atomic mass is 10.1. The van der Waals surface area contributed by atoms with Crippen LogP contribution in [0.15, 0.2) is 35.4 Å². The molecule has 3 aromatic rings. The van der Waals surface area contributed by atoms with Crippen molar-refractivity contribution in [2.45, 2.75) is 26.0 Å². The van der Waals surface area contributed by atoms with Gasteiger partial charge in [-0.05, 0) is 30.2 Å². The quantitative estimate of drug-likeness (QED) is 0.770. The molecule has 3 rings (SSSR count). The molecule has 0 aliphatic rings. The van der Waals surface area contributed by atoms with Crippen LogP contribution in [0.3, 0.4) is 0 Å². The monoisotopic (exact) mass is 348 g/mol. The average Bonchev–Trinajstić information content (AvgIpc) is 3.01. The predicted octanol–water partition coefficient (Wildman–Crippen LogP) is 2.90. The number of fused-ring (bicyclic) bond motifs is 1. The Labute approximate surface area is 142 Å². The van der Waals surface area contributed by atoms with Crippen LogP contribution in [0.5, 0.6) is 5.75 Å². The number of nitrogens with zero attached hydrogens (tertiary/aromatic N) is 2. The van der Waals surface area contributed by atoms with E-state index in [0.29, 0.717) is 15.8 Å². The standard InChI is InChI=1S/C17H17FN2O3S/c1-3-11-7-12-16(24-11)19-9-20(17(12)22)8-14(21)10-4-5-15(23-2)13(18)6-10/h4-7,9,14,21H,3,8H2,1-2H3. The van der Waals surface area contributed by atoms with E-state index in [-0.39, 0.29) is 17.9 Å². The van der Waals surface area contributed by atoms with Gasteiger partial charge in [0.1, 0.15) is 4.83 Å². The zero-order chi connectivity index (χ0) is 17.3. The average molecular weight is 348 g/mol.